The third-order valence-electron chi connectivity index (χ3n) is 4.10. The molecule has 0 aliphatic heterocycles. The van der Waals surface area contributed by atoms with E-state index in [1.807, 2.05) is 36.4 Å². The molecule has 0 radical (unpaired) electrons. The first-order chi connectivity index (χ1) is 11.7. The normalized spacial score (nSPS) is 11.0. The van der Waals surface area contributed by atoms with E-state index in [4.69, 9.17) is 4.74 Å². The molecule has 3 heterocycles. The molecule has 4 rings (SSSR count). The lowest BCUT2D eigenvalue weighted by atomic mass is 10.1. The van der Waals surface area contributed by atoms with Gasteiger partial charge >= 0.3 is 5.97 Å². The number of carbonyl (C=O) groups excluding carboxylic acids is 1. The molecule has 0 aliphatic carbocycles. The van der Waals surface area contributed by atoms with Crippen molar-refractivity contribution in [3.8, 4) is 6.07 Å². The van der Waals surface area contributed by atoms with Crippen LogP contribution in [-0.2, 0) is 4.74 Å². The van der Waals surface area contributed by atoms with E-state index < -0.39 is 5.97 Å². The number of ether oxygens (including phenoxy) is 1. The molecule has 5 heteroatoms. The SMILES string of the molecule is CCOC(=O)c1cc(C#N)n2c1ccc1c3cccnc3ccc12. The Hall–Kier alpha value is -3.39. The van der Waals surface area contributed by atoms with Crippen molar-refractivity contribution in [1.82, 2.24) is 9.38 Å². The molecule has 0 aliphatic rings. The van der Waals surface area contributed by atoms with Crippen molar-refractivity contribution in [1.29, 1.82) is 5.26 Å². The van der Waals surface area contributed by atoms with E-state index in [1.165, 1.54) is 0 Å². The Bertz CT molecular complexity index is 1150. The largest absolute Gasteiger partial charge is 0.462 e. The fourth-order valence-corrected chi connectivity index (χ4v) is 3.10. The lowest BCUT2D eigenvalue weighted by Gasteiger charge is -2.08. The monoisotopic (exact) mass is 315 g/mol. The van der Waals surface area contributed by atoms with Crippen molar-refractivity contribution in [3.05, 3.63) is 59.9 Å². The molecule has 0 atom stereocenters. The Kier molecular flexibility index (Phi) is 3.17. The number of carbonyl (C=O) groups is 1. The quantitative estimate of drug-likeness (QED) is 0.418. The summed E-state index contributed by atoms with van der Waals surface area (Å²) in [5.41, 5.74) is 3.23. The van der Waals surface area contributed by atoms with Crippen LogP contribution < -0.4 is 0 Å². The van der Waals surface area contributed by atoms with Gasteiger partial charge in [0.1, 0.15) is 11.8 Å². The molecular formula is C19H13N3O2. The maximum Gasteiger partial charge on any atom is 0.340 e. The Labute approximate surface area is 137 Å². The molecule has 116 valence electrons. The number of fused-ring (bicyclic) bond motifs is 5. The van der Waals surface area contributed by atoms with E-state index >= 15 is 0 Å². The molecule has 0 amide bonds. The predicted molar refractivity (Wildman–Crippen MR) is 90.9 cm³/mol. The number of benzene rings is 1. The molecule has 3 aromatic heterocycles. The predicted octanol–water partition coefficient (Wildman–Crippen LogP) is 3.69. The van der Waals surface area contributed by atoms with Gasteiger partial charge in [-0.25, -0.2) is 4.79 Å². The average molecular weight is 315 g/mol. The van der Waals surface area contributed by atoms with Gasteiger partial charge < -0.3 is 4.74 Å². The van der Waals surface area contributed by atoms with Crippen molar-refractivity contribution in [2.24, 2.45) is 0 Å². The fraction of sp³-hybridized carbons (Fsp3) is 0.105. The van der Waals surface area contributed by atoms with E-state index in [-0.39, 0.29) is 0 Å². The van der Waals surface area contributed by atoms with Gasteiger partial charge in [-0.3, -0.25) is 9.38 Å². The standard InChI is InChI=1S/C19H13N3O2/c1-2-24-19(23)15-10-12(11-20)22-17-8-6-16-13(4-3-9-21-16)14(17)5-7-18(15)22/h3-10H,2H2,1H3. The number of nitriles is 1. The zero-order chi connectivity index (χ0) is 16.7. The summed E-state index contributed by atoms with van der Waals surface area (Å²) in [7, 11) is 0. The molecule has 0 fully saturated rings. The summed E-state index contributed by atoms with van der Waals surface area (Å²) in [6.45, 7) is 2.05. The minimum absolute atomic E-state index is 0.294. The summed E-state index contributed by atoms with van der Waals surface area (Å²) in [5, 5.41) is 11.5. The highest BCUT2D eigenvalue weighted by Gasteiger charge is 2.18. The minimum atomic E-state index is -0.418. The highest BCUT2D eigenvalue weighted by molar-refractivity contribution is 6.07. The van der Waals surface area contributed by atoms with Gasteiger partial charge in [0, 0.05) is 17.0 Å². The van der Waals surface area contributed by atoms with E-state index in [9.17, 15) is 10.1 Å². The van der Waals surface area contributed by atoms with Gasteiger partial charge in [-0.1, -0.05) is 12.1 Å². The third-order valence-corrected chi connectivity index (χ3v) is 4.10. The zero-order valence-corrected chi connectivity index (χ0v) is 13.0. The van der Waals surface area contributed by atoms with Crippen LogP contribution in [0.3, 0.4) is 0 Å². The Balaban J connectivity index is 2.13. The highest BCUT2D eigenvalue weighted by atomic mass is 16.5. The second-order valence-electron chi connectivity index (χ2n) is 5.40. The van der Waals surface area contributed by atoms with Crippen molar-refractivity contribution < 1.29 is 9.53 Å². The van der Waals surface area contributed by atoms with Crippen LogP contribution in [-0.4, -0.2) is 22.0 Å². The first kappa shape index (κ1) is 14.2. The first-order valence-corrected chi connectivity index (χ1v) is 7.63. The summed E-state index contributed by atoms with van der Waals surface area (Å²) in [5.74, 6) is -0.418. The van der Waals surface area contributed by atoms with Crippen molar-refractivity contribution in [3.63, 3.8) is 0 Å². The first-order valence-electron chi connectivity index (χ1n) is 7.63. The summed E-state index contributed by atoms with van der Waals surface area (Å²) in [6.07, 6.45) is 1.75. The minimum Gasteiger partial charge on any atom is -0.462 e. The van der Waals surface area contributed by atoms with Gasteiger partial charge in [-0.2, -0.15) is 5.26 Å². The third kappa shape index (κ3) is 1.94. The smallest absolute Gasteiger partial charge is 0.340 e. The molecular weight excluding hydrogens is 302 g/mol. The molecule has 24 heavy (non-hydrogen) atoms. The van der Waals surface area contributed by atoms with Crippen LogP contribution in [0, 0.1) is 11.3 Å². The topological polar surface area (TPSA) is 67.4 Å². The molecule has 4 aromatic rings. The molecule has 0 spiro atoms. The van der Waals surface area contributed by atoms with Crippen LogP contribution in [0.2, 0.25) is 0 Å². The number of hydrogen-bond donors (Lipinski definition) is 0. The molecule has 0 saturated heterocycles. The number of hydrogen-bond acceptors (Lipinski definition) is 4. The maximum absolute atomic E-state index is 12.2. The summed E-state index contributed by atoms with van der Waals surface area (Å²) in [6, 6.07) is 15.3. The molecule has 0 bridgehead atoms. The molecule has 0 unspecified atom stereocenters. The van der Waals surface area contributed by atoms with Crippen LogP contribution in [0.4, 0.5) is 0 Å². The van der Waals surface area contributed by atoms with Crippen molar-refractivity contribution >= 4 is 33.3 Å². The molecule has 1 aromatic carbocycles. The van der Waals surface area contributed by atoms with E-state index in [2.05, 4.69) is 11.1 Å². The average Bonchev–Trinajstić information content (AvgIpc) is 3.01. The van der Waals surface area contributed by atoms with Gasteiger partial charge in [0.25, 0.3) is 0 Å². The number of rotatable bonds is 2. The summed E-state index contributed by atoms with van der Waals surface area (Å²) in [4.78, 5) is 16.5. The van der Waals surface area contributed by atoms with Crippen LogP contribution >= 0.6 is 0 Å². The van der Waals surface area contributed by atoms with Crippen LogP contribution in [0.1, 0.15) is 23.0 Å². The van der Waals surface area contributed by atoms with Crippen LogP contribution in [0.15, 0.2) is 48.7 Å². The number of aromatic nitrogens is 2. The fourth-order valence-electron chi connectivity index (χ4n) is 3.10. The van der Waals surface area contributed by atoms with E-state index in [1.54, 1.807) is 23.6 Å². The lowest BCUT2D eigenvalue weighted by molar-refractivity contribution is 0.0529. The number of pyridine rings is 2. The van der Waals surface area contributed by atoms with E-state index in [0.29, 0.717) is 23.4 Å². The Morgan fingerprint density at radius 1 is 1.21 bits per heavy atom. The molecule has 0 saturated carbocycles. The van der Waals surface area contributed by atoms with Crippen LogP contribution in [0.25, 0.3) is 27.3 Å². The van der Waals surface area contributed by atoms with E-state index in [0.717, 1.165) is 21.8 Å². The Morgan fingerprint density at radius 3 is 2.83 bits per heavy atom. The second kappa shape index (κ2) is 5.36. The lowest BCUT2D eigenvalue weighted by Crippen LogP contribution is -2.04. The van der Waals surface area contributed by atoms with Crippen molar-refractivity contribution in [2.75, 3.05) is 6.61 Å². The van der Waals surface area contributed by atoms with Gasteiger partial charge in [0.15, 0.2) is 0 Å². The highest BCUT2D eigenvalue weighted by Crippen LogP contribution is 2.28. The molecule has 5 nitrogen and oxygen atoms in total. The number of nitrogens with zero attached hydrogens (tertiary/aromatic N) is 3. The van der Waals surface area contributed by atoms with Crippen LogP contribution in [0.5, 0.6) is 0 Å². The summed E-state index contributed by atoms with van der Waals surface area (Å²) >= 11 is 0. The summed E-state index contributed by atoms with van der Waals surface area (Å²) < 4.78 is 6.90. The van der Waals surface area contributed by atoms with Gasteiger partial charge in [0.2, 0.25) is 0 Å². The van der Waals surface area contributed by atoms with Gasteiger partial charge in [0.05, 0.1) is 28.7 Å². The number of esters is 1. The van der Waals surface area contributed by atoms with Gasteiger partial charge in [-0.05, 0) is 37.3 Å². The second-order valence-corrected chi connectivity index (χ2v) is 5.40. The molecule has 0 N–H and O–H groups in total. The Morgan fingerprint density at radius 2 is 2.04 bits per heavy atom. The van der Waals surface area contributed by atoms with Crippen molar-refractivity contribution in [2.45, 2.75) is 6.92 Å². The maximum atomic E-state index is 12.2. The van der Waals surface area contributed by atoms with Gasteiger partial charge in [-0.15, -0.1) is 0 Å². The zero-order valence-electron chi connectivity index (χ0n) is 13.0.